The summed E-state index contributed by atoms with van der Waals surface area (Å²) in [6.07, 6.45) is 1.74. The van der Waals surface area contributed by atoms with Crippen LogP contribution in [0.25, 0.3) is 0 Å². The molecule has 138 valence electrons. The minimum Gasteiger partial charge on any atom is -0.294 e. The van der Waals surface area contributed by atoms with Crippen molar-refractivity contribution in [2.24, 2.45) is 0 Å². The number of halogens is 2. The van der Waals surface area contributed by atoms with Crippen LogP contribution in [0.2, 0.25) is 5.02 Å². The van der Waals surface area contributed by atoms with Crippen LogP contribution in [0, 0.1) is 12.7 Å². The molecule has 0 aromatic heterocycles. The summed E-state index contributed by atoms with van der Waals surface area (Å²) >= 11 is 6.26. The van der Waals surface area contributed by atoms with E-state index in [1.807, 2.05) is 31.2 Å². The molecule has 2 aliphatic rings. The monoisotopic (exact) mass is 383 g/mol. The predicted octanol–water partition coefficient (Wildman–Crippen LogP) is 5.32. The second kappa shape index (κ2) is 6.93. The van der Waals surface area contributed by atoms with Crippen molar-refractivity contribution in [3.63, 3.8) is 0 Å². The van der Waals surface area contributed by atoms with Crippen LogP contribution in [0.3, 0.4) is 0 Å². The lowest BCUT2D eigenvalue weighted by Gasteiger charge is -2.38. The van der Waals surface area contributed by atoms with E-state index in [0.29, 0.717) is 30.5 Å². The molecule has 1 unspecified atom stereocenters. The summed E-state index contributed by atoms with van der Waals surface area (Å²) in [6.45, 7) is 1.98. The maximum Gasteiger partial charge on any atom is 0.232 e. The molecule has 27 heavy (non-hydrogen) atoms. The highest BCUT2D eigenvalue weighted by molar-refractivity contribution is 6.31. The molecule has 3 nitrogen and oxygen atoms in total. The first-order valence-corrected chi connectivity index (χ1v) is 9.45. The molecule has 1 aliphatic carbocycles. The van der Waals surface area contributed by atoms with Crippen LogP contribution < -0.4 is 4.90 Å². The number of benzene rings is 2. The van der Waals surface area contributed by atoms with Crippen molar-refractivity contribution in [1.82, 2.24) is 0 Å². The first-order chi connectivity index (χ1) is 13.0. The molecule has 1 amide bonds. The zero-order valence-electron chi connectivity index (χ0n) is 15.0. The summed E-state index contributed by atoms with van der Waals surface area (Å²) in [4.78, 5) is 27.5. The maximum atomic E-state index is 14.6. The number of carbonyl (C=O) groups excluding carboxylic acids is 2. The largest absolute Gasteiger partial charge is 0.294 e. The fourth-order valence-corrected chi connectivity index (χ4v) is 4.37. The quantitative estimate of drug-likeness (QED) is 0.704. The lowest BCUT2D eigenvalue weighted by atomic mass is 9.77. The van der Waals surface area contributed by atoms with E-state index in [9.17, 15) is 14.0 Å². The summed E-state index contributed by atoms with van der Waals surface area (Å²) in [5, 5.41) is 0.252. The zero-order chi connectivity index (χ0) is 19.1. The Bertz CT molecular complexity index is 945. The number of rotatable bonds is 2. The molecule has 1 atom stereocenters. The van der Waals surface area contributed by atoms with E-state index in [1.165, 1.54) is 12.1 Å². The predicted molar refractivity (Wildman–Crippen MR) is 103 cm³/mol. The molecule has 5 heteroatoms. The molecule has 2 aromatic rings. The fourth-order valence-electron chi connectivity index (χ4n) is 4.08. The molecule has 4 rings (SSSR count). The lowest BCUT2D eigenvalue weighted by Crippen LogP contribution is -2.40. The van der Waals surface area contributed by atoms with Crippen molar-refractivity contribution in [2.45, 2.75) is 38.5 Å². The summed E-state index contributed by atoms with van der Waals surface area (Å²) in [6, 6.07) is 12.1. The highest BCUT2D eigenvalue weighted by atomic mass is 35.5. The molecular formula is C22H19ClFNO2. The molecule has 0 radical (unpaired) electrons. The Kier molecular flexibility index (Phi) is 4.60. The minimum absolute atomic E-state index is 0.0230. The van der Waals surface area contributed by atoms with Gasteiger partial charge in [0.1, 0.15) is 5.82 Å². The third-order valence-electron chi connectivity index (χ3n) is 5.32. The Morgan fingerprint density at radius 1 is 1.07 bits per heavy atom. The van der Waals surface area contributed by atoms with E-state index in [1.54, 1.807) is 11.0 Å². The molecule has 0 saturated carbocycles. The van der Waals surface area contributed by atoms with Gasteiger partial charge in [0.25, 0.3) is 0 Å². The van der Waals surface area contributed by atoms with Crippen LogP contribution in [0.1, 0.15) is 42.7 Å². The van der Waals surface area contributed by atoms with Gasteiger partial charge >= 0.3 is 0 Å². The number of anilines is 1. The van der Waals surface area contributed by atoms with Gasteiger partial charge in [-0.2, -0.15) is 0 Å². The van der Waals surface area contributed by atoms with Crippen molar-refractivity contribution in [2.75, 3.05) is 4.90 Å². The molecule has 0 N–H and O–H groups in total. The Morgan fingerprint density at radius 2 is 1.81 bits per heavy atom. The zero-order valence-corrected chi connectivity index (χ0v) is 15.7. The minimum atomic E-state index is -0.629. The number of ketones is 1. The fraction of sp³-hybridized carbons (Fsp3) is 0.273. The van der Waals surface area contributed by atoms with E-state index in [0.717, 1.165) is 11.3 Å². The van der Waals surface area contributed by atoms with Crippen molar-refractivity contribution in [3.8, 4) is 0 Å². The van der Waals surface area contributed by atoms with Crippen molar-refractivity contribution >= 4 is 29.0 Å². The number of aryl methyl sites for hydroxylation is 1. The molecule has 1 aliphatic heterocycles. The Labute approximate surface area is 162 Å². The molecular weight excluding hydrogens is 365 g/mol. The lowest BCUT2D eigenvalue weighted by molar-refractivity contribution is -0.119. The summed E-state index contributed by atoms with van der Waals surface area (Å²) < 4.78 is 14.6. The number of carbonyl (C=O) groups is 2. The van der Waals surface area contributed by atoms with E-state index < -0.39 is 11.7 Å². The van der Waals surface area contributed by atoms with Gasteiger partial charge in [0.2, 0.25) is 5.91 Å². The summed E-state index contributed by atoms with van der Waals surface area (Å²) in [7, 11) is 0. The highest BCUT2D eigenvalue weighted by Gasteiger charge is 2.41. The van der Waals surface area contributed by atoms with Gasteiger partial charge in [0.15, 0.2) is 5.78 Å². The highest BCUT2D eigenvalue weighted by Crippen LogP contribution is 2.45. The summed E-state index contributed by atoms with van der Waals surface area (Å²) in [5.74, 6) is -1.27. The molecule has 0 spiro atoms. The Balaban J connectivity index is 1.90. The van der Waals surface area contributed by atoms with Crippen LogP contribution in [0.15, 0.2) is 53.7 Å². The number of amides is 1. The van der Waals surface area contributed by atoms with Gasteiger partial charge in [0.05, 0.1) is 0 Å². The number of hydrogen-bond donors (Lipinski definition) is 0. The van der Waals surface area contributed by atoms with Gasteiger partial charge in [0, 0.05) is 46.3 Å². The van der Waals surface area contributed by atoms with Crippen LogP contribution in [-0.2, 0) is 9.59 Å². The van der Waals surface area contributed by atoms with Crippen molar-refractivity contribution in [3.05, 3.63) is 75.7 Å². The van der Waals surface area contributed by atoms with E-state index in [4.69, 9.17) is 11.6 Å². The number of nitrogens with zero attached hydrogens (tertiary/aromatic N) is 1. The van der Waals surface area contributed by atoms with E-state index in [2.05, 4.69) is 0 Å². The second-order valence-electron chi connectivity index (χ2n) is 7.09. The van der Waals surface area contributed by atoms with E-state index >= 15 is 0 Å². The first-order valence-electron chi connectivity index (χ1n) is 9.07. The van der Waals surface area contributed by atoms with Gasteiger partial charge in [-0.3, -0.25) is 14.5 Å². The second-order valence-corrected chi connectivity index (χ2v) is 7.50. The number of allylic oxidation sites excluding steroid dienone is 2. The standard InChI is InChI=1S/C22H19ClFNO2/c1-13-8-10-14(11-9-13)25-18-6-3-7-19(26)22(18)15(12-20(25)27)21-16(23)4-2-5-17(21)24/h2,4-5,8-11,15H,3,6-7,12H2,1H3. The van der Waals surface area contributed by atoms with Gasteiger partial charge in [-0.25, -0.2) is 4.39 Å². The third-order valence-corrected chi connectivity index (χ3v) is 5.65. The summed E-state index contributed by atoms with van der Waals surface area (Å²) in [5.41, 5.74) is 3.31. The number of hydrogen-bond acceptors (Lipinski definition) is 2. The first kappa shape index (κ1) is 17.9. The molecule has 1 heterocycles. The maximum absolute atomic E-state index is 14.6. The van der Waals surface area contributed by atoms with Gasteiger partial charge in [-0.15, -0.1) is 0 Å². The number of Topliss-reactive ketones (excluding diaryl/α,β-unsaturated/α-hetero) is 1. The SMILES string of the molecule is Cc1ccc(N2C(=O)CC(c3c(F)cccc3Cl)C3=C2CCCC3=O)cc1. The normalized spacial score (nSPS) is 20.1. The van der Waals surface area contributed by atoms with Gasteiger partial charge < -0.3 is 0 Å². The molecule has 0 saturated heterocycles. The average molecular weight is 384 g/mol. The van der Waals surface area contributed by atoms with Crippen LogP contribution in [0.5, 0.6) is 0 Å². The van der Waals surface area contributed by atoms with Crippen LogP contribution >= 0.6 is 11.6 Å². The van der Waals surface area contributed by atoms with Crippen molar-refractivity contribution < 1.29 is 14.0 Å². The van der Waals surface area contributed by atoms with E-state index in [-0.39, 0.29) is 28.7 Å². The van der Waals surface area contributed by atoms with Crippen LogP contribution in [-0.4, -0.2) is 11.7 Å². The van der Waals surface area contributed by atoms with Crippen LogP contribution in [0.4, 0.5) is 10.1 Å². The Morgan fingerprint density at radius 3 is 2.52 bits per heavy atom. The molecule has 2 aromatic carbocycles. The van der Waals surface area contributed by atoms with Gasteiger partial charge in [-0.1, -0.05) is 35.4 Å². The molecule has 0 bridgehead atoms. The average Bonchev–Trinajstić information content (AvgIpc) is 2.63. The van der Waals surface area contributed by atoms with Gasteiger partial charge in [-0.05, 0) is 44.0 Å². The molecule has 0 fully saturated rings. The van der Waals surface area contributed by atoms with Crippen molar-refractivity contribution in [1.29, 1.82) is 0 Å². The topological polar surface area (TPSA) is 37.4 Å². The Hall–Kier alpha value is -2.46. The third kappa shape index (κ3) is 3.08. The smallest absolute Gasteiger partial charge is 0.232 e.